The molecular weight excluding hydrogens is 345 g/mol. The summed E-state index contributed by atoms with van der Waals surface area (Å²) < 4.78 is 0. The van der Waals surface area contributed by atoms with Gasteiger partial charge in [0.25, 0.3) is 5.91 Å². The molecule has 24 heavy (non-hydrogen) atoms. The number of benzene rings is 1. The van der Waals surface area contributed by atoms with Gasteiger partial charge in [0.1, 0.15) is 0 Å². The highest BCUT2D eigenvalue weighted by Gasteiger charge is 2.21. The van der Waals surface area contributed by atoms with Crippen LogP contribution >= 0.6 is 23.2 Å². The standard InChI is InChI=1S/C18H19Cl2N3O/c1-12-5-7-23(8-6-12)18(24)13-9-14(11-21-10-13)22-16-4-2-3-15(19)17(16)20/h2-4,9-12,22H,5-8H2,1H3. The van der Waals surface area contributed by atoms with Crippen molar-refractivity contribution in [3.8, 4) is 0 Å². The summed E-state index contributed by atoms with van der Waals surface area (Å²) in [5.41, 5.74) is 1.96. The Morgan fingerprint density at radius 2 is 2.00 bits per heavy atom. The van der Waals surface area contributed by atoms with Crippen LogP contribution in [0.25, 0.3) is 0 Å². The maximum Gasteiger partial charge on any atom is 0.255 e. The number of amides is 1. The van der Waals surface area contributed by atoms with Crippen molar-refractivity contribution in [2.24, 2.45) is 5.92 Å². The van der Waals surface area contributed by atoms with Crippen LogP contribution in [0.1, 0.15) is 30.1 Å². The number of aromatic nitrogens is 1. The maximum absolute atomic E-state index is 12.6. The molecule has 1 aromatic heterocycles. The number of carbonyl (C=O) groups is 1. The molecule has 2 heterocycles. The topological polar surface area (TPSA) is 45.2 Å². The fourth-order valence-corrected chi connectivity index (χ4v) is 3.12. The normalized spacial score (nSPS) is 15.4. The largest absolute Gasteiger partial charge is 0.353 e. The molecule has 0 radical (unpaired) electrons. The van der Waals surface area contributed by atoms with E-state index >= 15 is 0 Å². The Bertz CT molecular complexity index is 743. The van der Waals surface area contributed by atoms with E-state index in [4.69, 9.17) is 23.2 Å². The van der Waals surface area contributed by atoms with Crippen molar-refractivity contribution in [2.45, 2.75) is 19.8 Å². The van der Waals surface area contributed by atoms with Gasteiger partial charge in [-0.25, -0.2) is 0 Å². The minimum atomic E-state index is 0.0234. The van der Waals surface area contributed by atoms with Crippen LogP contribution in [0.3, 0.4) is 0 Å². The molecule has 0 spiro atoms. The molecule has 1 aromatic carbocycles. The molecule has 6 heteroatoms. The first-order valence-electron chi connectivity index (χ1n) is 8.00. The molecule has 4 nitrogen and oxygen atoms in total. The van der Waals surface area contributed by atoms with E-state index in [1.807, 2.05) is 17.0 Å². The van der Waals surface area contributed by atoms with Gasteiger partial charge in [-0.3, -0.25) is 9.78 Å². The van der Waals surface area contributed by atoms with Crippen molar-refractivity contribution in [3.63, 3.8) is 0 Å². The van der Waals surface area contributed by atoms with Gasteiger partial charge in [0.05, 0.1) is 33.2 Å². The molecule has 0 bridgehead atoms. The second-order valence-electron chi connectivity index (χ2n) is 6.16. The SMILES string of the molecule is CC1CCN(C(=O)c2cncc(Nc3cccc(Cl)c3Cl)c2)CC1. The smallest absolute Gasteiger partial charge is 0.255 e. The number of carbonyl (C=O) groups excluding carboxylic acids is 1. The van der Waals surface area contributed by atoms with Gasteiger partial charge in [-0.2, -0.15) is 0 Å². The predicted octanol–water partition coefficient (Wildman–Crippen LogP) is 5.00. The Kier molecular flexibility index (Phi) is 5.27. The summed E-state index contributed by atoms with van der Waals surface area (Å²) in [6, 6.07) is 7.16. The van der Waals surface area contributed by atoms with E-state index in [1.54, 1.807) is 24.5 Å². The van der Waals surface area contributed by atoms with Crippen molar-refractivity contribution >= 4 is 40.5 Å². The number of likely N-dealkylation sites (tertiary alicyclic amines) is 1. The highest BCUT2D eigenvalue weighted by Crippen LogP contribution is 2.31. The third-order valence-electron chi connectivity index (χ3n) is 4.29. The molecule has 1 amide bonds. The monoisotopic (exact) mass is 363 g/mol. The average Bonchev–Trinajstić information content (AvgIpc) is 2.59. The Morgan fingerprint density at radius 3 is 2.75 bits per heavy atom. The number of hydrogen-bond acceptors (Lipinski definition) is 3. The fourth-order valence-electron chi connectivity index (χ4n) is 2.78. The number of pyridine rings is 1. The lowest BCUT2D eigenvalue weighted by molar-refractivity contribution is 0.0697. The summed E-state index contributed by atoms with van der Waals surface area (Å²) in [7, 11) is 0. The zero-order valence-electron chi connectivity index (χ0n) is 13.4. The van der Waals surface area contributed by atoms with E-state index in [1.165, 1.54) is 0 Å². The number of rotatable bonds is 3. The summed E-state index contributed by atoms with van der Waals surface area (Å²) in [5, 5.41) is 4.09. The molecule has 1 saturated heterocycles. The second-order valence-corrected chi connectivity index (χ2v) is 6.95. The first kappa shape index (κ1) is 17.1. The molecule has 1 aliphatic rings. The van der Waals surface area contributed by atoms with Crippen LogP contribution in [0.2, 0.25) is 10.0 Å². The van der Waals surface area contributed by atoms with Gasteiger partial charge in [0, 0.05) is 19.3 Å². The Balaban J connectivity index is 1.76. The van der Waals surface area contributed by atoms with Gasteiger partial charge >= 0.3 is 0 Å². The molecule has 0 aliphatic carbocycles. The van der Waals surface area contributed by atoms with E-state index < -0.39 is 0 Å². The third-order valence-corrected chi connectivity index (χ3v) is 5.11. The van der Waals surface area contributed by atoms with Gasteiger partial charge in [-0.1, -0.05) is 36.2 Å². The summed E-state index contributed by atoms with van der Waals surface area (Å²) >= 11 is 12.2. The zero-order chi connectivity index (χ0) is 17.1. The van der Waals surface area contributed by atoms with E-state index in [0.29, 0.717) is 32.9 Å². The van der Waals surface area contributed by atoms with Crippen LogP contribution in [0.4, 0.5) is 11.4 Å². The highest BCUT2D eigenvalue weighted by molar-refractivity contribution is 6.43. The van der Waals surface area contributed by atoms with Crippen molar-refractivity contribution < 1.29 is 4.79 Å². The van der Waals surface area contributed by atoms with Crippen molar-refractivity contribution in [2.75, 3.05) is 18.4 Å². The summed E-state index contributed by atoms with van der Waals surface area (Å²) in [5.74, 6) is 0.709. The Labute approximate surface area is 151 Å². The Morgan fingerprint density at radius 1 is 1.25 bits per heavy atom. The predicted molar refractivity (Wildman–Crippen MR) is 98.3 cm³/mol. The number of piperidine rings is 1. The van der Waals surface area contributed by atoms with Crippen LogP contribution < -0.4 is 5.32 Å². The molecule has 0 unspecified atom stereocenters. The number of nitrogens with zero attached hydrogens (tertiary/aromatic N) is 2. The first-order valence-corrected chi connectivity index (χ1v) is 8.75. The second kappa shape index (κ2) is 7.41. The van der Waals surface area contributed by atoms with Crippen LogP contribution in [-0.2, 0) is 0 Å². The number of anilines is 2. The van der Waals surface area contributed by atoms with Crippen LogP contribution in [0.5, 0.6) is 0 Å². The lowest BCUT2D eigenvalue weighted by Gasteiger charge is -2.30. The number of halogens is 2. The van der Waals surface area contributed by atoms with Crippen molar-refractivity contribution in [3.05, 3.63) is 52.3 Å². The van der Waals surface area contributed by atoms with E-state index in [2.05, 4.69) is 17.2 Å². The van der Waals surface area contributed by atoms with E-state index in [-0.39, 0.29) is 5.91 Å². The molecular formula is C18H19Cl2N3O. The zero-order valence-corrected chi connectivity index (χ0v) is 14.9. The summed E-state index contributed by atoms with van der Waals surface area (Å²) in [6.45, 7) is 3.83. The molecule has 2 aromatic rings. The maximum atomic E-state index is 12.6. The molecule has 3 rings (SSSR count). The Hall–Kier alpha value is -1.78. The third kappa shape index (κ3) is 3.82. The minimum Gasteiger partial charge on any atom is -0.353 e. The van der Waals surface area contributed by atoms with Gasteiger partial charge in [0.2, 0.25) is 0 Å². The average molecular weight is 364 g/mol. The summed E-state index contributed by atoms with van der Waals surface area (Å²) in [6.07, 6.45) is 5.36. The van der Waals surface area contributed by atoms with Crippen LogP contribution in [-0.4, -0.2) is 28.9 Å². The first-order chi connectivity index (χ1) is 11.5. The van der Waals surface area contributed by atoms with Crippen LogP contribution in [0.15, 0.2) is 36.7 Å². The number of hydrogen-bond donors (Lipinski definition) is 1. The van der Waals surface area contributed by atoms with Crippen molar-refractivity contribution in [1.82, 2.24) is 9.88 Å². The molecule has 126 valence electrons. The van der Waals surface area contributed by atoms with Gasteiger partial charge in [-0.05, 0) is 37.0 Å². The highest BCUT2D eigenvalue weighted by atomic mass is 35.5. The quantitative estimate of drug-likeness (QED) is 0.833. The summed E-state index contributed by atoms with van der Waals surface area (Å²) in [4.78, 5) is 18.7. The van der Waals surface area contributed by atoms with Gasteiger partial charge in [0.15, 0.2) is 0 Å². The molecule has 1 aliphatic heterocycles. The van der Waals surface area contributed by atoms with Gasteiger partial charge in [-0.15, -0.1) is 0 Å². The molecule has 0 saturated carbocycles. The van der Waals surface area contributed by atoms with Crippen LogP contribution in [0, 0.1) is 5.92 Å². The van der Waals surface area contributed by atoms with Gasteiger partial charge < -0.3 is 10.2 Å². The van der Waals surface area contributed by atoms with Crippen molar-refractivity contribution in [1.29, 1.82) is 0 Å². The molecule has 0 atom stereocenters. The lowest BCUT2D eigenvalue weighted by Crippen LogP contribution is -2.37. The fraction of sp³-hybridized carbons (Fsp3) is 0.333. The van der Waals surface area contributed by atoms with E-state index in [0.717, 1.165) is 25.9 Å². The lowest BCUT2D eigenvalue weighted by atomic mass is 9.99. The minimum absolute atomic E-state index is 0.0234. The van der Waals surface area contributed by atoms with E-state index in [9.17, 15) is 4.79 Å². The molecule has 1 fully saturated rings. The molecule has 1 N–H and O–H groups in total. The number of nitrogens with one attached hydrogen (secondary N) is 1.